The molecule has 0 aromatic carbocycles. The number of likely N-dealkylation sites (N-methyl/N-ethyl adjacent to an activating group) is 1. The van der Waals surface area contributed by atoms with Gasteiger partial charge in [0.25, 0.3) is 0 Å². The molecule has 0 bridgehead atoms. The summed E-state index contributed by atoms with van der Waals surface area (Å²) < 4.78 is 10.5. The number of nitrogens with two attached hydrogens (primary N) is 1. The summed E-state index contributed by atoms with van der Waals surface area (Å²) in [5.41, 5.74) is 5.88. The summed E-state index contributed by atoms with van der Waals surface area (Å²) in [6.45, 7) is 6.15. The van der Waals surface area contributed by atoms with Crippen LogP contribution in [-0.4, -0.2) is 75.6 Å². The second-order valence-corrected chi connectivity index (χ2v) is 4.85. The minimum Gasteiger partial charge on any atom is -0.356 e. The first-order chi connectivity index (χ1) is 8.12. The average molecular weight is 245 g/mol. The van der Waals surface area contributed by atoms with Crippen LogP contribution in [0.3, 0.4) is 0 Å². The van der Waals surface area contributed by atoms with E-state index < -0.39 is 0 Å². The van der Waals surface area contributed by atoms with Gasteiger partial charge in [0.15, 0.2) is 6.29 Å². The van der Waals surface area contributed by atoms with Crippen molar-refractivity contribution in [1.82, 2.24) is 9.80 Å². The molecule has 2 N–H and O–H groups in total. The second-order valence-electron chi connectivity index (χ2n) is 4.85. The highest BCUT2D eigenvalue weighted by molar-refractivity contribution is 4.83. The minimum atomic E-state index is -0.154. The fraction of sp³-hybridized carbons (Fsp3) is 1.00. The minimum absolute atomic E-state index is 0.154. The van der Waals surface area contributed by atoms with Gasteiger partial charge in [0.05, 0.1) is 0 Å². The highest BCUT2D eigenvalue weighted by Crippen LogP contribution is 2.14. The molecule has 5 heteroatoms. The lowest BCUT2D eigenvalue weighted by Crippen LogP contribution is -2.55. The van der Waals surface area contributed by atoms with E-state index in [1.165, 1.54) is 0 Å². The van der Waals surface area contributed by atoms with Gasteiger partial charge in [-0.05, 0) is 14.0 Å². The second kappa shape index (κ2) is 7.28. The van der Waals surface area contributed by atoms with Gasteiger partial charge < -0.3 is 20.1 Å². The van der Waals surface area contributed by atoms with Gasteiger partial charge in [0, 0.05) is 58.9 Å². The van der Waals surface area contributed by atoms with Crippen molar-refractivity contribution in [2.45, 2.75) is 31.7 Å². The lowest BCUT2D eigenvalue weighted by Gasteiger charge is -2.42. The summed E-state index contributed by atoms with van der Waals surface area (Å²) in [6.07, 6.45) is 0.679. The van der Waals surface area contributed by atoms with E-state index in [-0.39, 0.29) is 6.29 Å². The molecule has 1 heterocycles. The van der Waals surface area contributed by atoms with E-state index in [0.717, 1.165) is 26.1 Å². The van der Waals surface area contributed by atoms with Crippen molar-refractivity contribution in [3.05, 3.63) is 0 Å². The number of rotatable bonds is 6. The standard InChI is InChI=1S/C12H27N3O2/c1-10-9-15(6-5-14(10)2)11(8-13)7-12(16-3)17-4/h10-12H,5-9,13H2,1-4H3. The van der Waals surface area contributed by atoms with Crippen LogP contribution in [0.1, 0.15) is 13.3 Å². The first-order valence-corrected chi connectivity index (χ1v) is 6.32. The maximum Gasteiger partial charge on any atom is 0.158 e. The smallest absolute Gasteiger partial charge is 0.158 e. The maximum atomic E-state index is 5.88. The number of hydrogen-bond donors (Lipinski definition) is 1. The molecular formula is C12H27N3O2. The highest BCUT2D eigenvalue weighted by Gasteiger charge is 2.27. The zero-order chi connectivity index (χ0) is 12.8. The molecule has 0 amide bonds. The highest BCUT2D eigenvalue weighted by atomic mass is 16.7. The van der Waals surface area contributed by atoms with E-state index in [4.69, 9.17) is 15.2 Å². The lowest BCUT2D eigenvalue weighted by atomic mass is 10.1. The molecule has 0 saturated carbocycles. The molecule has 2 atom stereocenters. The molecule has 1 aliphatic heterocycles. The topological polar surface area (TPSA) is 51.0 Å². The Morgan fingerprint density at radius 1 is 1.29 bits per heavy atom. The summed E-state index contributed by atoms with van der Waals surface area (Å²) in [5, 5.41) is 0. The fourth-order valence-corrected chi connectivity index (χ4v) is 2.31. The zero-order valence-corrected chi connectivity index (χ0v) is 11.6. The molecule has 1 aliphatic rings. The van der Waals surface area contributed by atoms with Gasteiger partial charge in [-0.3, -0.25) is 4.90 Å². The molecule has 0 aromatic rings. The van der Waals surface area contributed by atoms with Crippen molar-refractivity contribution in [2.24, 2.45) is 5.73 Å². The van der Waals surface area contributed by atoms with Crippen LogP contribution in [0, 0.1) is 0 Å². The molecular weight excluding hydrogens is 218 g/mol. The molecule has 1 saturated heterocycles. The monoisotopic (exact) mass is 245 g/mol. The summed E-state index contributed by atoms with van der Waals surface area (Å²) >= 11 is 0. The first-order valence-electron chi connectivity index (χ1n) is 6.32. The average Bonchev–Trinajstić information content (AvgIpc) is 2.35. The Balaban J connectivity index is 2.49. The van der Waals surface area contributed by atoms with E-state index in [1.807, 2.05) is 0 Å². The maximum absolute atomic E-state index is 5.88. The van der Waals surface area contributed by atoms with Gasteiger partial charge in [-0.2, -0.15) is 0 Å². The third kappa shape index (κ3) is 4.19. The molecule has 1 fully saturated rings. The normalized spacial score (nSPS) is 25.4. The van der Waals surface area contributed by atoms with Gasteiger partial charge in [0.2, 0.25) is 0 Å². The number of methoxy groups -OCH3 is 2. The predicted molar refractivity (Wildman–Crippen MR) is 68.9 cm³/mol. The number of nitrogens with zero attached hydrogens (tertiary/aromatic N) is 2. The summed E-state index contributed by atoms with van der Waals surface area (Å²) in [6, 6.07) is 0.928. The number of ether oxygens (including phenoxy) is 2. The third-order valence-corrected chi connectivity index (χ3v) is 3.77. The van der Waals surface area contributed by atoms with Crippen LogP contribution in [0.2, 0.25) is 0 Å². The van der Waals surface area contributed by atoms with Crippen LogP contribution in [0.4, 0.5) is 0 Å². The first kappa shape index (κ1) is 14.9. The predicted octanol–water partition coefficient (Wildman–Crippen LogP) is -0.0414. The molecule has 5 nitrogen and oxygen atoms in total. The van der Waals surface area contributed by atoms with Gasteiger partial charge >= 0.3 is 0 Å². The van der Waals surface area contributed by atoms with Crippen LogP contribution < -0.4 is 5.73 Å². The van der Waals surface area contributed by atoms with Crippen molar-refractivity contribution in [2.75, 3.05) is 47.4 Å². The summed E-state index contributed by atoms with van der Waals surface area (Å²) in [4.78, 5) is 4.84. The van der Waals surface area contributed by atoms with Gasteiger partial charge in [-0.1, -0.05) is 0 Å². The SMILES string of the molecule is COC(CC(CN)N1CCN(C)C(C)C1)OC. The number of piperazine rings is 1. The summed E-state index contributed by atoms with van der Waals surface area (Å²) in [7, 11) is 5.52. The van der Waals surface area contributed by atoms with Crippen molar-refractivity contribution in [3.8, 4) is 0 Å². The fourth-order valence-electron chi connectivity index (χ4n) is 2.31. The quantitative estimate of drug-likeness (QED) is 0.665. The third-order valence-electron chi connectivity index (χ3n) is 3.77. The van der Waals surface area contributed by atoms with Crippen LogP contribution in [0.15, 0.2) is 0 Å². The zero-order valence-electron chi connectivity index (χ0n) is 11.6. The van der Waals surface area contributed by atoms with E-state index >= 15 is 0 Å². The van der Waals surface area contributed by atoms with Crippen LogP contribution in [-0.2, 0) is 9.47 Å². The largest absolute Gasteiger partial charge is 0.356 e. The Hall–Kier alpha value is -0.200. The van der Waals surface area contributed by atoms with Crippen LogP contribution in [0.5, 0.6) is 0 Å². The van der Waals surface area contributed by atoms with Gasteiger partial charge in [0.1, 0.15) is 0 Å². The molecule has 102 valence electrons. The van der Waals surface area contributed by atoms with E-state index in [0.29, 0.717) is 18.6 Å². The van der Waals surface area contributed by atoms with Crippen molar-refractivity contribution in [1.29, 1.82) is 0 Å². The molecule has 1 rings (SSSR count). The Labute approximate surface area is 105 Å². The van der Waals surface area contributed by atoms with Crippen molar-refractivity contribution >= 4 is 0 Å². The van der Waals surface area contributed by atoms with E-state index in [2.05, 4.69) is 23.8 Å². The molecule has 0 radical (unpaired) electrons. The van der Waals surface area contributed by atoms with E-state index in [1.54, 1.807) is 14.2 Å². The van der Waals surface area contributed by atoms with Crippen molar-refractivity contribution < 1.29 is 9.47 Å². The molecule has 17 heavy (non-hydrogen) atoms. The van der Waals surface area contributed by atoms with Crippen LogP contribution >= 0.6 is 0 Å². The lowest BCUT2D eigenvalue weighted by molar-refractivity contribution is -0.118. The molecule has 0 aliphatic carbocycles. The molecule has 0 spiro atoms. The Kier molecular flexibility index (Phi) is 6.37. The number of hydrogen-bond acceptors (Lipinski definition) is 5. The van der Waals surface area contributed by atoms with Gasteiger partial charge in [-0.15, -0.1) is 0 Å². The van der Waals surface area contributed by atoms with Crippen molar-refractivity contribution in [3.63, 3.8) is 0 Å². The molecule has 0 aromatic heterocycles. The summed E-state index contributed by atoms with van der Waals surface area (Å²) in [5.74, 6) is 0. The molecule has 2 unspecified atom stereocenters. The van der Waals surface area contributed by atoms with Gasteiger partial charge in [-0.25, -0.2) is 0 Å². The Morgan fingerprint density at radius 2 is 1.94 bits per heavy atom. The van der Waals surface area contributed by atoms with Crippen LogP contribution in [0.25, 0.3) is 0 Å². The Bertz CT molecular complexity index is 212. The Morgan fingerprint density at radius 3 is 2.41 bits per heavy atom. The van der Waals surface area contributed by atoms with E-state index in [9.17, 15) is 0 Å².